The molecule has 0 amide bonds. The van der Waals surface area contributed by atoms with Crippen molar-refractivity contribution in [2.24, 2.45) is 0 Å². The number of piperidine rings is 1. The molecule has 5 nitrogen and oxygen atoms in total. The second-order valence-electron chi connectivity index (χ2n) is 3.28. The molecule has 0 unspecified atom stereocenters. The van der Waals surface area contributed by atoms with Crippen molar-refractivity contribution in [3.63, 3.8) is 0 Å². The van der Waals surface area contributed by atoms with Crippen LogP contribution in [0, 0.1) is 0 Å². The fourth-order valence-electron chi connectivity index (χ4n) is 1.35. The predicted molar refractivity (Wildman–Crippen MR) is 47.7 cm³/mol. The van der Waals surface area contributed by atoms with E-state index in [2.05, 4.69) is 16.6 Å². The van der Waals surface area contributed by atoms with E-state index in [4.69, 9.17) is 14.8 Å². The van der Waals surface area contributed by atoms with E-state index >= 15 is 0 Å². The highest BCUT2D eigenvalue weighted by atomic mass is 16.7. The fourth-order valence-corrected chi connectivity index (χ4v) is 1.35. The Hall–Kier alpha value is -0.135. The Morgan fingerprint density at radius 2 is 2.00 bits per heavy atom. The van der Waals surface area contributed by atoms with Crippen LogP contribution in [0.5, 0.6) is 0 Å². The number of likely N-dealkylation sites (tertiary alicyclic amines) is 1. The molecule has 1 rings (SSSR count). The molecule has 0 aromatic rings. The van der Waals surface area contributed by atoms with Gasteiger partial charge in [0, 0.05) is 13.1 Å². The molecule has 0 spiro atoms. The van der Waals surface area contributed by atoms with Gasteiger partial charge >= 0.3 is 7.32 Å². The molecule has 0 atom stereocenters. The zero-order valence-corrected chi connectivity index (χ0v) is 7.85. The molecule has 0 aromatic heterocycles. The maximum absolute atomic E-state index is 8.37. The fraction of sp³-hybridized carbons (Fsp3) is 1.00. The number of nitrogens with zero attached hydrogens (tertiary/aromatic N) is 1. The highest BCUT2D eigenvalue weighted by molar-refractivity contribution is 6.32. The van der Waals surface area contributed by atoms with Crippen LogP contribution in [0.1, 0.15) is 12.8 Å². The maximum Gasteiger partial charge on any atom is 0.635 e. The SMILES string of the molecule is CN1CCC(OCOB(O)O)CC1. The van der Waals surface area contributed by atoms with Gasteiger partial charge in [0.1, 0.15) is 6.79 Å². The van der Waals surface area contributed by atoms with Crippen LogP contribution < -0.4 is 0 Å². The van der Waals surface area contributed by atoms with Gasteiger partial charge in [0.15, 0.2) is 0 Å². The third-order valence-corrected chi connectivity index (χ3v) is 2.19. The minimum atomic E-state index is -1.73. The lowest BCUT2D eigenvalue weighted by Crippen LogP contribution is -2.35. The second-order valence-corrected chi connectivity index (χ2v) is 3.28. The number of hydrogen-bond donors (Lipinski definition) is 2. The van der Waals surface area contributed by atoms with E-state index in [1.54, 1.807) is 0 Å². The summed E-state index contributed by atoms with van der Waals surface area (Å²) in [6.07, 6.45) is 2.14. The molecule has 0 aromatic carbocycles. The molecule has 1 aliphatic rings. The van der Waals surface area contributed by atoms with Gasteiger partial charge in [-0.3, -0.25) is 0 Å². The van der Waals surface area contributed by atoms with Crippen molar-refractivity contribution >= 4 is 7.32 Å². The first-order chi connectivity index (χ1) is 6.18. The summed E-state index contributed by atoms with van der Waals surface area (Å²) >= 11 is 0. The molecule has 2 N–H and O–H groups in total. The summed E-state index contributed by atoms with van der Waals surface area (Å²) in [6, 6.07) is 0. The van der Waals surface area contributed by atoms with Gasteiger partial charge in [-0.15, -0.1) is 0 Å². The van der Waals surface area contributed by atoms with Crippen LogP contribution in [0.3, 0.4) is 0 Å². The van der Waals surface area contributed by atoms with Gasteiger partial charge in [-0.2, -0.15) is 0 Å². The molecule has 1 fully saturated rings. The molecule has 13 heavy (non-hydrogen) atoms. The number of rotatable bonds is 4. The largest absolute Gasteiger partial charge is 0.635 e. The van der Waals surface area contributed by atoms with Gasteiger partial charge in [-0.25, -0.2) is 0 Å². The van der Waals surface area contributed by atoms with Crippen molar-refractivity contribution in [2.45, 2.75) is 18.9 Å². The maximum atomic E-state index is 8.37. The highest BCUT2D eigenvalue weighted by Crippen LogP contribution is 2.11. The van der Waals surface area contributed by atoms with Gasteiger partial charge in [0.05, 0.1) is 6.10 Å². The van der Waals surface area contributed by atoms with Gasteiger partial charge in [-0.1, -0.05) is 0 Å². The Balaban J connectivity index is 2.02. The zero-order valence-electron chi connectivity index (χ0n) is 7.85. The minimum Gasteiger partial charge on any atom is -0.402 e. The summed E-state index contributed by atoms with van der Waals surface area (Å²) in [4.78, 5) is 2.24. The quantitative estimate of drug-likeness (QED) is 0.440. The summed E-state index contributed by atoms with van der Waals surface area (Å²) in [5.41, 5.74) is 0. The van der Waals surface area contributed by atoms with Gasteiger partial charge in [0.2, 0.25) is 0 Å². The van der Waals surface area contributed by atoms with E-state index in [-0.39, 0.29) is 12.9 Å². The van der Waals surface area contributed by atoms with E-state index in [0.29, 0.717) is 0 Å². The summed E-state index contributed by atoms with van der Waals surface area (Å²) in [5, 5.41) is 16.7. The first-order valence-corrected chi connectivity index (χ1v) is 4.46. The van der Waals surface area contributed by atoms with Crippen molar-refractivity contribution in [1.29, 1.82) is 0 Å². The van der Waals surface area contributed by atoms with E-state index < -0.39 is 7.32 Å². The van der Waals surface area contributed by atoms with E-state index in [9.17, 15) is 0 Å². The lowest BCUT2D eigenvalue weighted by molar-refractivity contribution is -0.0717. The zero-order chi connectivity index (χ0) is 9.68. The van der Waals surface area contributed by atoms with Crippen molar-refractivity contribution < 1.29 is 19.4 Å². The molecule has 1 saturated heterocycles. The Morgan fingerprint density at radius 3 is 2.54 bits per heavy atom. The van der Waals surface area contributed by atoms with Gasteiger partial charge in [-0.05, 0) is 19.9 Å². The van der Waals surface area contributed by atoms with Crippen molar-refractivity contribution in [3.05, 3.63) is 0 Å². The van der Waals surface area contributed by atoms with E-state index in [1.165, 1.54) is 0 Å². The van der Waals surface area contributed by atoms with Crippen LogP contribution in [-0.4, -0.2) is 55.3 Å². The van der Waals surface area contributed by atoms with E-state index in [0.717, 1.165) is 25.9 Å². The van der Waals surface area contributed by atoms with Crippen LogP contribution in [0.4, 0.5) is 0 Å². The standard InChI is InChI=1S/C7H16BNO4/c1-9-4-2-7(3-5-9)12-6-13-8(10)11/h7,10-11H,2-6H2,1H3. The first kappa shape index (κ1) is 10.9. The summed E-state index contributed by atoms with van der Waals surface area (Å²) in [5.74, 6) is 0. The van der Waals surface area contributed by atoms with E-state index in [1.807, 2.05) is 0 Å². The normalized spacial score (nSPS) is 20.5. The number of ether oxygens (including phenoxy) is 1. The lowest BCUT2D eigenvalue weighted by Gasteiger charge is -2.28. The average molecular weight is 189 g/mol. The second kappa shape index (κ2) is 5.56. The third kappa shape index (κ3) is 4.59. The van der Waals surface area contributed by atoms with Crippen LogP contribution in [0.15, 0.2) is 0 Å². The van der Waals surface area contributed by atoms with Crippen molar-refractivity contribution in [3.8, 4) is 0 Å². The summed E-state index contributed by atoms with van der Waals surface area (Å²) < 4.78 is 9.72. The van der Waals surface area contributed by atoms with Crippen LogP contribution in [0.2, 0.25) is 0 Å². The van der Waals surface area contributed by atoms with Crippen LogP contribution >= 0.6 is 0 Å². The van der Waals surface area contributed by atoms with Crippen LogP contribution in [0.25, 0.3) is 0 Å². The highest BCUT2D eigenvalue weighted by Gasteiger charge is 2.17. The molecule has 6 heteroatoms. The number of hydrogen-bond acceptors (Lipinski definition) is 5. The van der Waals surface area contributed by atoms with Crippen molar-refractivity contribution in [1.82, 2.24) is 4.90 Å². The molecule has 76 valence electrons. The molecule has 0 aliphatic carbocycles. The summed E-state index contributed by atoms with van der Waals surface area (Å²) in [7, 11) is 0.343. The van der Waals surface area contributed by atoms with Gasteiger partial charge in [0.25, 0.3) is 0 Å². The molecular weight excluding hydrogens is 173 g/mol. The average Bonchev–Trinajstić information content (AvgIpc) is 2.08. The minimum absolute atomic E-state index is 0.0496. The molecule has 0 saturated carbocycles. The topological polar surface area (TPSA) is 62.2 Å². The smallest absolute Gasteiger partial charge is 0.402 e. The van der Waals surface area contributed by atoms with Crippen molar-refractivity contribution in [2.75, 3.05) is 26.9 Å². The lowest BCUT2D eigenvalue weighted by atomic mass is 10.1. The Kier molecular flexibility index (Phi) is 4.68. The Bertz CT molecular complexity index is 138. The Labute approximate surface area is 78.4 Å². The molecule has 0 bridgehead atoms. The monoisotopic (exact) mass is 189 g/mol. The van der Waals surface area contributed by atoms with Gasteiger partial charge < -0.3 is 24.3 Å². The molecule has 0 radical (unpaired) electrons. The molecule has 1 heterocycles. The molecular formula is C7H16BNO4. The Morgan fingerprint density at radius 1 is 1.38 bits per heavy atom. The predicted octanol–water partition coefficient (Wildman–Crippen LogP) is -0.959. The third-order valence-electron chi connectivity index (χ3n) is 2.19. The molecule has 1 aliphatic heterocycles. The summed E-state index contributed by atoms with van der Waals surface area (Å²) in [6.45, 7) is 1.99. The first-order valence-electron chi connectivity index (χ1n) is 4.46. The van der Waals surface area contributed by atoms with Crippen LogP contribution in [-0.2, 0) is 9.39 Å².